The number of aliphatic carboxylic acids is 1. The standard InChI is InChI=1S/C16H21NO3.ClH/c18-15(19)14-10-17(9-13-5-2-1-3-6-13)11-16(14)7-4-8-20-12-16;/h1-3,5-6,14H,4,7-12H2,(H,18,19);1H. The van der Waals surface area contributed by atoms with Gasteiger partial charge in [0.15, 0.2) is 0 Å². The molecule has 0 radical (unpaired) electrons. The first-order valence-corrected chi connectivity index (χ1v) is 7.26. The topological polar surface area (TPSA) is 49.8 Å². The molecule has 3 rings (SSSR count). The number of likely N-dealkylation sites (tertiary alicyclic amines) is 1. The highest BCUT2D eigenvalue weighted by Gasteiger charge is 2.50. The van der Waals surface area contributed by atoms with Gasteiger partial charge in [0.1, 0.15) is 0 Å². The summed E-state index contributed by atoms with van der Waals surface area (Å²) in [5, 5.41) is 9.53. The van der Waals surface area contributed by atoms with Crippen LogP contribution in [-0.2, 0) is 16.1 Å². The van der Waals surface area contributed by atoms with Gasteiger partial charge >= 0.3 is 5.97 Å². The lowest BCUT2D eigenvalue weighted by molar-refractivity contribution is -0.148. The fourth-order valence-electron chi connectivity index (χ4n) is 3.65. The molecule has 2 aliphatic rings. The molecule has 2 saturated heterocycles. The Morgan fingerprint density at radius 3 is 2.76 bits per heavy atom. The van der Waals surface area contributed by atoms with Gasteiger partial charge in [-0.3, -0.25) is 9.69 Å². The van der Waals surface area contributed by atoms with E-state index in [1.807, 2.05) is 18.2 Å². The van der Waals surface area contributed by atoms with E-state index in [-0.39, 0.29) is 23.7 Å². The van der Waals surface area contributed by atoms with Gasteiger partial charge in [0.05, 0.1) is 12.5 Å². The van der Waals surface area contributed by atoms with E-state index < -0.39 is 5.97 Å². The van der Waals surface area contributed by atoms with Gasteiger partial charge in [0.25, 0.3) is 0 Å². The molecule has 0 saturated carbocycles. The average Bonchev–Trinajstić information content (AvgIpc) is 2.79. The molecule has 21 heavy (non-hydrogen) atoms. The number of hydrogen-bond acceptors (Lipinski definition) is 3. The second-order valence-electron chi connectivity index (χ2n) is 6.06. The van der Waals surface area contributed by atoms with Crippen molar-refractivity contribution in [1.29, 1.82) is 0 Å². The van der Waals surface area contributed by atoms with E-state index in [1.54, 1.807) is 0 Å². The largest absolute Gasteiger partial charge is 0.481 e. The lowest BCUT2D eigenvalue weighted by Crippen LogP contribution is -2.42. The molecule has 1 aromatic carbocycles. The summed E-state index contributed by atoms with van der Waals surface area (Å²) in [4.78, 5) is 13.9. The van der Waals surface area contributed by atoms with Gasteiger partial charge in [-0.1, -0.05) is 30.3 Å². The summed E-state index contributed by atoms with van der Waals surface area (Å²) in [6.45, 7) is 3.65. The van der Waals surface area contributed by atoms with E-state index >= 15 is 0 Å². The summed E-state index contributed by atoms with van der Waals surface area (Å²) in [5.41, 5.74) is 1.06. The van der Waals surface area contributed by atoms with Crippen molar-refractivity contribution in [2.45, 2.75) is 19.4 Å². The number of benzene rings is 1. The quantitative estimate of drug-likeness (QED) is 0.931. The van der Waals surface area contributed by atoms with E-state index in [1.165, 1.54) is 5.56 Å². The van der Waals surface area contributed by atoms with Gasteiger partial charge in [-0.15, -0.1) is 12.4 Å². The van der Waals surface area contributed by atoms with Crippen molar-refractivity contribution in [1.82, 2.24) is 4.90 Å². The molecule has 1 aromatic rings. The molecule has 2 fully saturated rings. The minimum Gasteiger partial charge on any atom is -0.481 e. The fourth-order valence-corrected chi connectivity index (χ4v) is 3.65. The molecular weight excluding hydrogens is 290 g/mol. The van der Waals surface area contributed by atoms with Gasteiger partial charge in [0, 0.05) is 31.7 Å². The summed E-state index contributed by atoms with van der Waals surface area (Å²) in [5.74, 6) is -0.974. The third kappa shape index (κ3) is 3.39. The molecule has 2 heterocycles. The zero-order valence-corrected chi connectivity index (χ0v) is 12.8. The summed E-state index contributed by atoms with van der Waals surface area (Å²) >= 11 is 0. The number of carboxylic acid groups (broad SMARTS) is 1. The van der Waals surface area contributed by atoms with Crippen LogP contribution < -0.4 is 0 Å². The van der Waals surface area contributed by atoms with Crippen molar-refractivity contribution in [3.05, 3.63) is 35.9 Å². The Hall–Kier alpha value is -1.10. The fraction of sp³-hybridized carbons (Fsp3) is 0.562. The van der Waals surface area contributed by atoms with Crippen molar-refractivity contribution in [2.75, 3.05) is 26.3 Å². The number of ether oxygens (including phenoxy) is 1. The van der Waals surface area contributed by atoms with Crippen LogP contribution in [0.1, 0.15) is 18.4 Å². The molecule has 1 N–H and O–H groups in total. The summed E-state index contributed by atoms with van der Waals surface area (Å²) in [6, 6.07) is 10.2. The Balaban J connectivity index is 0.00000161. The predicted molar refractivity (Wildman–Crippen MR) is 82.6 cm³/mol. The molecule has 2 aliphatic heterocycles. The highest BCUT2D eigenvalue weighted by Crippen LogP contribution is 2.43. The predicted octanol–water partition coefficient (Wildman–Crippen LogP) is 2.42. The maximum atomic E-state index is 11.6. The lowest BCUT2D eigenvalue weighted by Gasteiger charge is -2.36. The van der Waals surface area contributed by atoms with Crippen LogP contribution in [0.5, 0.6) is 0 Å². The number of nitrogens with zero attached hydrogens (tertiary/aromatic N) is 1. The Morgan fingerprint density at radius 2 is 2.14 bits per heavy atom. The van der Waals surface area contributed by atoms with Crippen molar-refractivity contribution in [2.24, 2.45) is 11.3 Å². The molecular formula is C16H22ClNO3. The Bertz CT molecular complexity index is 474. The zero-order valence-electron chi connectivity index (χ0n) is 12.0. The first-order valence-electron chi connectivity index (χ1n) is 7.26. The van der Waals surface area contributed by atoms with Crippen LogP contribution in [0, 0.1) is 11.3 Å². The van der Waals surface area contributed by atoms with Crippen molar-refractivity contribution in [3.8, 4) is 0 Å². The van der Waals surface area contributed by atoms with Crippen LogP contribution in [0.2, 0.25) is 0 Å². The second kappa shape index (κ2) is 6.77. The molecule has 5 heteroatoms. The molecule has 0 amide bonds. The van der Waals surface area contributed by atoms with Crippen LogP contribution in [-0.4, -0.2) is 42.3 Å². The first-order chi connectivity index (χ1) is 9.70. The maximum Gasteiger partial charge on any atom is 0.308 e. The number of carbonyl (C=O) groups is 1. The van der Waals surface area contributed by atoms with E-state index in [0.29, 0.717) is 13.2 Å². The monoisotopic (exact) mass is 311 g/mol. The Kier molecular flexibility index (Phi) is 5.25. The molecule has 4 nitrogen and oxygen atoms in total. The number of hydrogen-bond donors (Lipinski definition) is 1. The van der Waals surface area contributed by atoms with Gasteiger partial charge in [0.2, 0.25) is 0 Å². The lowest BCUT2D eigenvalue weighted by atomic mass is 9.74. The van der Waals surface area contributed by atoms with Gasteiger partial charge in [-0.25, -0.2) is 0 Å². The SMILES string of the molecule is Cl.O=C(O)C1CN(Cc2ccccc2)CC12CCCOC2. The summed E-state index contributed by atoms with van der Waals surface area (Å²) in [6.07, 6.45) is 1.94. The number of rotatable bonds is 3. The molecule has 0 aromatic heterocycles. The first kappa shape index (κ1) is 16.3. The summed E-state index contributed by atoms with van der Waals surface area (Å²) in [7, 11) is 0. The van der Waals surface area contributed by atoms with Crippen molar-refractivity contribution >= 4 is 18.4 Å². The number of halogens is 1. The molecule has 1 spiro atoms. The minimum absolute atomic E-state index is 0. The third-order valence-corrected chi connectivity index (χ3v) is 4.62. The van der Waals surface area contributed by atoms with E-state index in [0.717, 1.165) is 32.5 Å². The molecule has 2 atom stereocenters. The maximum absolute atomic E-state index is 11.6. The highest BCUT2D eigenvalue weighted by molar-refractivity contribution is 5.85. The van der Waals surface area contributed by atoms with Crippen LogP contribution in [0.25, 0.3) is 0 Å². The van der Waals surface area contributed by atoms with Gasteiger partial charge in [-0.05, 0) is 18.4 Å². The van der Waals surface area contributed by atoms with Crippen LogP contribution in [0.3, 0.4) is 0 Å². The number of carboxylic acids is 1. The van der Waals surface area contributed by atoms with Crippen molar-refractivity contribution in [3.63, 3.8) is 0 Å². The molecule has 0 aliphatic carbocycles. The van der Waals surface area contributed by atoms with Crippen molar-refractivity contribution < 1.29 is 14.6 Å². The van der Waals surface area contributed by atoms with Crippen LogP contribution in [0.15, 0.2) is 30.3 Å². The van der Waals surface area contributed by atoms with Gasteiger partial charge < -0.3 is 9.84 Å². The normalized spacial score (nSPS) is 29.2. The Labute approximate surface area is 131 Å². The van der Waals surface area contributed by atoms with E-state index in [2.05, 4.69) is 17.0 Å². The smallest absolute Gasteiger partial charge is 0.308 e. The van der Waals surface area contributed by atoms with E-state index in [4.69, 9.17) is 4.74 Å². The van der Waals surface area contributed by atoms with Gasteiger partial charge in [-0.2, -0.15) is 0 Å². The molecule has 2 unspecified atom stereocenters. The van der Waals surface area contributed by atoms with Crippen LogP contribution >= 0.6 is 12.4 Å². The third-order valence-electron chi connectivity index (χ3n) is 4.62. The molecule has 0 bridgehead atoms. The minimum atomic E-state index is -0.675. The highest BCUT2D eigenvalue weighted by atomic mass is 35.5. The second-order valence-corrected chi connectivity index (χ2v) is 6.06. The molecule has 116 valence electrons. The summed E-state index contributed by atoms with van der Waals surface area (Å²) < 4.78 is 5.60. The average molecular weight is 312 g/mol. The van der Waals surface area contributed by atoms with Crippen LogP contribution in [0.4, 0.5) is 0 Å². The zero-order chi connectivity index (χ0) is 14.0. The Morgan fingerprint density at radius 1 is 1.38 bits per heavy atom. The van der Waals surface area contributed by atoms with E-state index in [9.17, 15) is 9.90 Å².